The van der Waals surface area contributed by atoms with E-state index in [1.54, 1.807) is 72.5 Å². The highest BCUT2D eigenvalue weighted by molar-refractivity contribution is 6.05. The summed E-state index contributed by atoms with van der Waals surface area (Å²) in [5, 5.41) is 20.3. The van der Waals surface area contributed by atoms with Crippen LogP contribution in [-0.2, 0) is 4.79 Å². The topological polar surface area (TPSA) is 105 Å². The van der Waals surface area contributed by atoms with Gasteiger partial charge in [0.1, 0.15) is 17.6 Å². The van der Waals surface area contributed by atoms with Gasteiger partial charge in [0, 0.05) is 17.5 Å². The van der Waals surface area contributed by atoms with Crippen molar-refractivity contribution in [2.75, 3.05) is 10.6 Å². The molecule has 33 heavy (non-hydrogen) atoms. The van der Waals surface area contributed by atoms with Crippen LogP contribution in [0.1, 0.15) is 18.5 Å². The first kappa shape index (κ1) is 20.4. The van der Waals surface area contributed by atoms with Crippen LogP contribution in [0.4, 0.5) is 16.0 Å². The molecule has 3 heterocycles. The maximum absolute atomic E-state index is 13.7. The first-order valence-electron chi connectivity index (χ1n) is 10.2. The van der Waals surface area contributed by atoms with E-state index in [4.69, 9.17) is 0 Å². The molecule has 0 saturated heterocycles. The molecule has 1 aliphatic rings. The highest BCUT2D eigenvalue weighted by Gasteiger charge is 2.34. The molecule has 1 atom stereocenters. The van der Waals surface area contributed by atoms with Crippen LogP contribution in [-0.4, -0.2) is 30.8 Å². The van der Waals surface area contributed by atoms with E-state index in [-0.39, 0.29) is 17.5 Å². The van der Waals surface area contributed by atoms with Crippen LogP contribution in [0, 0.1) is 5.82 Å². The van der Waals surface area contributed by atoms with Gasteiger partial charge in [-0.2, -0.15) is 4.98 Å². The van der Waals surface area contributed by atoms with Crippen molar-refractivity contribution in [1.82, 2.24) is 19.7 Å². The number of allylic oxidation sites excluding steroid dienone is 1. The Morgan fingerprint density at radius 1 is 1.12 bits per heavy atom. The lowest BCUT2D eigenvalue weighted by molar-refractivity contribution is -0.113. The predicted molar refractivity (Wildman–Crippen MR) is 121 cm³/mol. The van der Waals surface area contributed by atoms with E-state index in [9.17, 15) is 14.3 Å². The number of aromatic nitrogens is 4. The number of aromatic hydroxyl groups is 1. The summed E-state index contributed by atoms with van der Waals surface area (Å²) < 4.78 is 15.3. The van der Waals surface area contributed by atoms with Gasteiger partial charge in [0.05, 0.1) is 17.5 Å². The van der Waals surface area contributed by atoms with Crippen LogP contribution in [0.5, 0.6) is 5.75 Å². The van der Waals surface area contributed by atoms with Crippen molar-refractivity contribution in [3.8, 4) is 17.1 Å². The van der Waals surface area contributed by atoms with Crippen LogP contribution >= 0.6 is 0 Å². The second-order valence-electron chi connectivity index (χ2n) is 7.56. The number of carbonyl (C=O) groups is 1. The van der Waals surface area contributed by atoms with E-state index >= 15 is 0 Å². The van der Waals surface area contributed by atoms with Crippen LogP contribution in [0.3, 0.4) is 0 Å². The molecule has 9 heteroatoms. The molecule has 0 spiro atoms. The van der Waals surface area contributed by atoms with Crippen molar-refractivity contribution < 1.29 is 14.3 Å². The number of nitrogens with one attached hydrogen (secondary N) is 2. The quantitative estimate of drug-likeness (QED) is 0.439. The number of pyridine rings is 1. The number of phenolic OH excluding ortho intramolecular Hbond substituents is 1. The average molecular weight is 442 g/mol. The SMILES string of the molecule is CC1=C(C(=O)Nc2cccnc2)C(c2ccc(F)cc2)n2nc(-c3ccc(O)cc3)nc2N1. The Bertz CT molecular complexity index is 1350. The lowest BCUT2D eigenvalue weighted by Gasteiger charge is -2.28. The summed E-state index contributed by atoms with van der Waals surface area (Å²) in [6.07, 6.45) is 3.18. The number of rotatable bonds is 4. The van der Waals surface area contributed by atoms with Crippen molar-refractivity contribution in [1.29, 1.82) is 0 Å². The van der Waals surface area contributed by atoms with Crippen molar-refractivity contribution in [3.63, 3.8) is 0 Å². The van der Waals surface area contributed by atoms with Gasteiger partial charge in [0.2, 0.25) is 5.95 Å². The molecule has 0 saturated carbocycles. The molecule has 0 radical (unpaired) electrons. The zero-order valence-corrected chi connectivity index (χ0v) is 17.5. The van der Waals surface area contributed by atoms with Crippen molar-refractivity contribution in [3.05, 3.63) is 95.7 Å². The molecule has 3 N–H and O–H groups in total. The molecule has 8 nitrogen and oxygen atoms in total. The summed E-state index contributed by atoms with van der Waals surface area (Å²) in [5.74, 6) is 0.291. The molecule has 164 valence electrons. The molecule has 2 aromatic heterocycles. The van der Waals surface area contributed by atoms with E-state index < -0.39 is 6.04 Å². The number of benzene rings is 2. The summed E-state index contributed by atoms with van der Waals surface area (Å²) in [7, 11) is 0. The summed E-state index contributed by atoms with van der Waals surface area (Å²) in [6, 6.07) is 15.3. The zero-order valence-electron chi connectivity index (χ0n) is 17.5. The second kappa shape index (κ2) is 8.19. The minimum absolute atomic E-state index is 0.136. The Balaban J connectivity index is 1.60. The maximum atomic E-state index is 13.7. The number of phenols is 1. The number of amides is 1. The maximum Gasteiger partial charge on any atom is 0.255 e. The monoisotopic (exact) mass is 442 g/mol. The molecule has 1 unspecified atom stereocenters. The summed E-state index contributed by atoms with van der Waals surface area (Å²) in [6.45, 7) is 1.78. The summed E-state index contributed by atoms with van der Waals surface area (Å²) >= 11 is 0. The van der Waals surface area contributed by atoms with Gasteiger partial charge in [0.15, 0.2) is 5.82 Å². The third-order valence-electron chi connectivity index (χ3n) is 5.33. The second-order valence-corrected chi connectivity index (χ2v) is 7.56. The van der Waals surface area contributed by atoms with Gasteiger partial charge in [-0.3, -0.25) is 9.78 Å². The number of carbonyl (C=O) groups excluding carboxylic acids is 1. The fourth-order valence-electron chi connectivity index (χ4n) is 3.77. The van der Waals surface area contributed by atoms with Crippen molar-refractivity contribution in [2.45, 2.75) is 13.0 Å². The van der Waals surface area contributed by atoms with Crippen molar-refractivity contribution >= 4 is 17.5 Å². The van der Waals surface area contributed by atoms with Gasteiger partial charge in [0.25, 0.3) is 5.91 Å². The highest BCUT2D eigenvalue weighted by atomic mass is 19.1. The number of hydrogen-bond donors (Lipinski definition) is 3. The first-order chi connectivity index (χ1) is 16.0. The van der Waals surface area contributed by atoms with Gasteiger partial charge in [-0.15, -0.1) is 5.10 Å². The zero-order chi connectivity index (χ0) is 22.9. The van der Waals surface area contributed by atoms with E-state index in [1.807, 2.05) is 0 Å². The first-order valence-corrected chi connectivity index (χ1v) is 10.2. The Kier molecular flexibility index (Phi) is 5.06. The van der Waals surface area contributed by atoms with Gasteiger partial charge in [-0.1, -0.05) is 12.1 Å². The Morgan fingerprint density at radius 2 is 1.88 bits per heavy atom. The largest absolute Gasteiger partial charge is 0.508 e. The standard InChI is InChI=1S/C24H19FN6O2/c1-14-20(23(33)28-18-3-2-12-26-13-18)21(15-4-8-17(25)9-5-15)31-24(27-14)29-22(30-31)16-6-10-19(32)11-7-16/h2-13,21,32H,1H3,(H,28,33)(H,27,29,30). The van der Waals surface area contributed by atoms with E-state index in [0.29, 0.717) is 39.9 Å². The Hall–Kier alpha value is -4.53. The fourth-order valence-corrected chi connectivity index (χ4v) is 3.77. The normalized spacial score (nSPS) is 15.0. The number of hydrogen-bond acceptors (Lipinski definition) is 6. The van der Waals surface area contributed by atoms with E-state index in [1.165, 1.54) is 12.1 Å². The van der Waals surface area contributed by atoms with E-state index in [2.05, 4.69) is 25.7 Å². The number of anilines is 2. The smallest absolute Gasteiger partial charge is 0.255 e. The fraction of sp³-hybridized carbons (Fsp3) is 0.0833. The molecule has 0 aliphatic carbocycles. The van der Waals surface area contributed by atoms with Crippen LogP contribution in [0.2, 0.25) is 0 Å². The average Bonchev–Trinajstić information content (AvgIpc) is 3.23. The molecular formula is C24H19FN6O2. The molecule has 4 aromatic rings. The minimum atomic E-state index is -0.642. The third kappa shape index (κ3) is 3.91. The molecule has 1 amide bonds. The summed E-state index contributed by atoms with van der Waals surface area (Å²) in [5.41, 5.74) is 2.95. The van der Waals surface area contributed by atoms with Crippen LogP contribution in [0.25, 0.3) is 11.4 Å². The molecule has 5 rings (SSSR count). The van der Waals surface area contributed by atoms with Gasteiger partial charge in [-0.25, -0.2) is 9.07 Å². The molecule has 2 aromatic carbocycles. The lowest BCUT2D eigenvalue weighted by atomic mass is 9.95. The van der Waals surface area contributed by atoms with Gasteiger partial charge < -0.3 is 15.7 Å². The van der Waals surface area contributed by atoms with Crippen molar-refractivity contribution in [2.24, 2.45) is 0 Å². The lowest BCUT2D eigenvalue weighted by Crippen LogP contribution is -2.31. The number of fused-ring (bicyclic) bond motifs is 1. The van der Waals surface area contributed by atoms with Crippen LogP contribution in [0.15, 0.2) is 84.3 Å². The highest BCUT2D eigenvalue weighted by Crippen LogP contribution is 2.37. The van der Waals surface area contributed by atoms with E-state index in [0.717, 1.165) is 0 Å². The molecular weight excluding hydrogens is 423 g/mol. The molecule has 0 bridgehead atoms. The summed E-state index contributed by atoms with van der Waals surface area (Å²) in [4.78, 5) is 22.0. The van der Waals surface area contributed by atoms with Gasteiger partial charge >= 0.3 is 0 Å². The molecule has 1 aliphatic heterocycles. The minimum Gasteiger partial charge on any atom is -0.508 e. The Labute approximate surface area is 188 Å². The molecule has 0 fully saturated rings. The Morgan fingerprint density at radius 3 is 2.58 bits per heavy atom. The number of nitrogens with zero attached hydrogens (tertiary/aromatic N) is 4. The predicted octanol–water partition coefficient (Wildman–Crippen LogP) is 4.11. The third-order valence-corrected chi connectivity index (χ3v) is 5.33. The van der Waals surface area contributed by atoms with Gasteiger partial charge in [-0.05, 0) is 61.0 Å². The van der Waals surface area contributed by atoms with Crippen LogP contribution < -0.4 is 10.6 Å². The number of halogens is 1.